The number of fused-ring (bicyclic) bond motifs is 2. The zero-order valence-corrected chi connectivity index (χ0v) is 12.8. The molecule has 4 nitrogen and oxygen atoms in total. The Morgan fingerprint density at radius 2 is 1.91 bits per heavy atom. The minimum atomic E-state index is -0.987. The molecule has 118 valence electrons. The summed E-state index contributed by atoms with van der Waals surface area (Å²) in [5, 5.41) is 8.86. The van der Waals surface area contributed by atoms with Gasteiger partial charge >= 0.3 is 5.97 Å². The maximum Gasteiger partial charge on any atom is 0.337 e. The van der Waals surface area contributed by atoms with Crippen LogP contribution in [0.15, 0.2) is 42.6 Å². The molecule has 1 aromatic carbocycles. The Kier molecular flexibility index (Phi) is 3.52. The number of rotatable bonds is 4. The number of nitrogens with zero attached hydrogens (tertiary/aromatic N) is 1. The van der Waals surface area contributed by atoms with Crippen molar-refractivity contribution in [1.82, 2.24) is 4.98 Å². The topological polar surface area (TPSA) is 59.4 Å². The maximum atomic E-state index is 10.8. The zero-order valence-electron chi connectivity index (χ0n) is 12.8. The first kappa shape index (κ1) is 14.2. The summed E-state index contributed by atoms with van der Waals surface area (Å²) >= 11 is 0. The van der Waals surface area contributed by atoms with Gasteiger partial charge < -0.3 is 9.84 Å². The van der Waals surface area contributed by atoms with Gasteiger partial charge in [0.2, 0.25) is 5.88 Å². The number of pyridine rings is 1. The van der Waals surface area contributed by atoms with E-state index in [2.05, 4.69) is 17.1 Å². The summed E-state index contributed by atoms with van der Waals surface area (Å²) in [5.41, 5.74) is 1.57. The van der Waals surface area contributed by atoms with E-state index in [-0.39, 0.29) is 5.56 Å². The fourth-order valence-corrected chi connectivity index (χ4v) is 4.12. The summed E-state index contributed by atoms with van der Waals surface area (Å²) in [5.74, 6) is 2.68. The van der Waals surface area contributed by atoms with Crippen molar-refractivity contribution in [2.24, 2.45) is 11.8 Å². The fourth-order valence-electron chi connectivity index (χ4n) is 4.12. The molecule has 4 heteroatoms. The van der Waals surface area contributed by atoms with Crippen molar-refractivity contribution in [3.63, 3.8) is 0 Å². The molecule has 2 bridgehead atoms. The summed E-state index contributed by atoms with van der Waals surface area (Å²) in [6.45, 7) is 0. The van der Waals surface area contributed by atoms with Crippen molar-refractivity contribution >= 4 is 5.97 Å². The molecule has 2 fully saturated rings. The first-order valence-electron chi connectivity index (χ1n) is 8.16. The smallest absolute Gasteiger partial charge is 0.337 e. The lowest BCUT2D eigenvalue weighted by Crippen LogP contribution is -2.08. The van der Waals surface area contributed by atoms with Crippen molar-refractivity contribution in [1.29, 1.82) is 0 Å². The highest BCUT2D eigenvalue weighted by Gasteiger charge is 2.39. The van der Waals surface area contributed by atoms with Gasteiger partial charge in [-0.1, -0.05) is 18.6 Å². The molecule has 1 aromatic heterocycles. The third-order valence-corrected chi connectivity index (χ3v) is 5.25. The predicted molar refractivity (Wildman–Crippen MR) is 85.9 cm³/mol. The molecule has 1 heterocycles. The number of carboxylic acid groups (broad SMARTS) is 1. The maximum absolute atomic E-state index is 10.8. The monoisotopic (exact) mass is 309 g/mol. The molecular formula is C19H19NO3. The van der Waals surface area contributed by atoms with Gasteiger partial charge in [0.05, 0.1) is 5.56 Å². The Bertz CT molecular complexity index is 708. The Balaban J connectivity index is 1.45. The average Bonchev–Trinajstić information content (AvgIpc) is 3.19. The molecule has 0 aliphatic heterocycles. The molecule has 0 saturated heterocycles. The number of ether oxygens (including phenoxy) is 1. The largest absolute Gasteiger partial charge is 0.478 e. The molecule has 0 spiro atoms. The van der Waals surface area contributed by atoms with Crippen molar-refractivity contribution in [2.45, 2.75) is 31.6 Å². The van der Waals surface area contributed by atoms with Gasteiger partial charge in [-0.25, -0.2) is 9.78 Å². The molecule has 3 atom stereocenters. The quantitative estimate of drug-likeness (QED) is 0.905. The molecule has 3 unspecified atom stereocenters. The molecule has 2 aliphatic carbocycles. The highest BCUT2D eigenvalue weighted by atomic mass is 16.5. The van der Waals surface area contributed by atoms with E-state index in [9.17, 15) is 4.79 Å². The van der Waals surface area contributed by atoms with E-state index in [1.165, 1.54) is 43.5 Å². The Hall–Kier alpha value is -2.36. The predicted octanol–water partition coefficient (Wildman–Crippen LogP) is 4.48. The van der Waals surface area contributed by atoms with E-state index >= 15 is 0 Å². The SMILES string of the molecule is O=C(O)c1ccc(Oc2ccc(C3CC4CCC3C4)cc2)nc1. The van der Waals surface area contributed by atoms with Gasteiger partial charge in [0.15, 0.2) is 0 Å². The summed E-state index contributed by atoms with van der Waals surface area (Å²) in [6, 6.07) is 11.3. The van der Waals surface area contributed by atoms with Crippen LogP contribution in [0.3, 0.4) is 0 Å². The highest BCUT2D eigenvalue weighted by Crippen LogP contribution is 2.52. The second-order valence-corrected chi connectivity index (χ2v) is 6.64. The first-order chi connectivity index (χ1) is 11.2. The Morgan fingerprint density at radius 1 is 1.09 bits per heavy atom. The van der Waals surface area contributed by atoms with Gasteiger partial charge in [-0.15, -0.1) is 0 Å². The Morgan fingerprint density at radius 3 is 2.48 bits per heavy atom. The van der Waals surface area contributed by atoms with Crippen LogP contribution in [0.5, 0.6) is 11.6 Å². The molecule has 2 aliphatic rings. The number of benzene rings is 1. The third-order valence-electron chi connectivity index (χ3n) is 5.25. The normalized spacial score (nSPS) is 25.5. The van der Waals surface area contributed by atoms with E-state index in [0.717, 1.165) is 23.5 Å². The number of carbonyl (C=O) groups is 1. The van der Waals surface area contributed by atoms with E-state index in [1.807, 2.05) is 12.1 Å². The van der Waals surface area contributed by atoms with Crippen LogP contribution < -0.4 is 4.74 Å². The first-order valence-corrected chi connectivity index (χ1v) is 8.16. The van der Waals surface area contributed by atoms with Crippen LogP contribution in [-0.2, 0) is 0 Å². The third kappa shape index (κ3) is 2.81. The van der Waals surface area contributed by atoms with Crippen LogP contribution >= 0.6 is 0 Å². The fraction of sp³-hybridized carbons (Fsp3) is 0.368. The van der Waals surface area contributed by atoms with Gasteiger partial charge in [-0.05, 0) is 60.8 Å². The van der Waals surface area contributed by atoms with E-state index in [1.54, 1.807) is 6.07 Å². The van der Waals surface area contributed by atoms with Crippen LogP contribution in [0.2, 0.25) is 0 Å². The summed E-state index contributed by atoms with van der Waals surface area (Å²) in [7, 11) is 0. The molecule has 4 rings (SSSR count). The van der Waals surface area contributed by atoms with Crippen molar-refractivity contribution in [3.05, 3.63) is 53.7 Å². The molecule has 2 saturated carbocycles. The molecule has 2 aromatic rings. The van der Waals surface area contributed by atoms with Crippen LogP contribution in [0.4, 0.5) is 0 Å². The standard InChI is InChI=1S/C19H19NO3/c21-19(22)15-5-8-18(20-11-15)23-16-6-3-13(4-7-16)17-10-12-1-2-14(17)9-12/h3-8,11-12,14,17H,1-2,9-10H2,(H,21,22). The average molecular weight is 309 g/mol. The molecule has 0 amide bonds. The lowest BCUT2D eigenvalue weighted by Gasteiger charge is -2.22. The second-order valence-electron chi connectivity index (χ2n) is 6.64. The van der Waals surface area contributed by atoms with Gasteiger partial charge in [-0.2, -0.15) is 0 Å². The number of aromatic carboxylic acids is 1. The van der Waals surface area contributed by atoms with Gasteiger partial charge in [0, 0.05) is 12.3 Å². The zero-order chi connectivity index (χ0) is 15.8. The number of aromatic nitrogens is 1. The summed E-state index contributed by atoms with van der Waals surface area (Å²) < 4.78 is 5.69. The molecular weight excluding hydrogens is 290 g/mol. The lowest BCUT2D eigenvalue weighted by molar-refractivity contribution is 0.0696. The van der Waals surface area contributed by atoms with Gasteiger partial charge in [0.1, 0.15) is 5.75 Å². The van der Waals surface area contributed by atoms with Crippen LogP contribution in [0.1, 0.15) is 47.5 Å². The van der Waals surface area contributed by atoms with E-state index < -0.39 is 5.97 Å². The van der Waals surface area contributed by atoms with Gasteiger partial charge in [0.25, 0.3) is 0 Å². The van der Waals surface area contributed by atoms with Crippen LogP contribution in [-0.4, -0.2) is 16.1 Å². The van der Waals surface area contributed by atoms with Crippen LogP contribution in [0.25, 0.3) is 0 Å². The summed E-state index contributed by atoms with van der Waals surface area (Å²) in [4.78, 5) is 14.8. The number of hydrogen-bond donors (Lipinski definition) is 1. The highest BCUT2D eigenvalue weighted by molar-refractivity contribution is 5.87. The van der Waals surface area contributed by atoms with Crippen molar-refractivity contribution < 1.29 is 14.6 Å². The molecule has 1 N–H and O–H groups in total. The van der Waals surface area contributed by atoms with E-state index in [4.69, 9.17) is 9.84 Å². The number of hydrogen-bond acceptors (Lipinski definition) is 3. The minimum absolute atomic E-state index is 0.156. The van der Waals surface area contributed by atoms with Crippen LogP contribution in [0, 0.1) is 11.8 Å². The molecule has 23 heavy (non-hydrogen) atoms. The lowest BCUT2D eigenvalue weighted by atomic mass is 9.83. The molecule has 0 radical (unpaired) electrons. The van der Waals surface area contributed by atoms with Crippen molar-refractivity contribution in [3.8, 4) is 11.6 Å². The summed E-state index contributed by atoms with van der Waals surface area (Å²) in [6.07, 6.45) is 6.85. The number of carboxylic acids is 1. The van der Waals surface area contributed by atoms with Crippen molar-refractivity contribution in [2.75, 3.05) is 0 Å². The Labute approximate surface area is 135 Å². The van der Waals surface area contributed by atoms with Gasteiger partial charge in [-0.3, -0.25) is 0 Å². The minimum Gasteiger partial charge on any atom is -0.478 e. The van der Waals surface area contributed by atoms with E-state index in [0.29, 0.717) is 5.88 Å². The second kappa shape index (κ2) is 5.69.